The van der Waals surface area contributed by atoms with Crippen LogP contribution in [-0.2, 0) is 9.30 Å². The zero-order valence-corrected chi connectivity index (χ0v) is 11.4. The highest BCUT2D eigenvalue weighted by molar-refractivity contribution is 7.53. The summed E-state index contributed by atoms with van der Waals surface area (Å²) < 4.78 is 16.7. The minimum absolute atomic E-state index is 0.170. The number of ether oxygens (including phenoxy) is 1. The number of rotatable bonds is 5. The van der Waals surface area contributed by atoms with Crippen LogP contribution in [0.5, 0.6) is 0 Å². The Kier molecular flexibility index (Phi) is 5.17. The molecule has 0 aromatic heterocycles. The summed E-state index contributed by atoms with van der Waals surface area (Å²) in [6.07, 6.45) is 2.76. The fourth-order valence-corrected chi connectivity index (χ4v) is 2.32. The third-order valence-electron chi connectivity index (χ3n) is 3.48. The van der Waals surface area contributed by atoms with Crippen LogP contribution < -0.4 is 0 Å². The number of hydrogen-bond donors (Lipinski definition) is 3. The molecule has 17 heavy (non-hydrogen) atoms. The Morgan fingerprint density at radius 1 is 1.41 bits per heavy atom. The predicted octanol–water partition coefficient (Wildman–Crippen LogP) is 1.65. The lowest BCUT2D eigenvalue weighted by molar-refractivity contribution is -0.0654. The molecule has 0 radical (unpaired) electrons. The summed E-state index contributed by atoms with van der Waals surface area (Å²) in [6.45, 7) is 3.73. The van der Waals surface area contributed by atoms with Crippen molar-refractivity contribution in [1.29, 1.82) is 0 Å². The van der Waals surface area contributed by atoms with Crippen LogP contribution >= 0.6 is 7.60 Å². The second-order valence-corrected chi connectivity index (χ2v) is 7.67. The highest BCUT2D eigenvalue weighted by Crippen LogP contribution is 2.52. The molecule has 0 amide bonds. The van der Waals surface area contributed by atoms with Gasteiger partial charge in [0.2, 0.25) is 0 Å². The topological polar surface area (TPSA) is 87.0 Å². The molecule has 0 aliphatic carbocycles. The summed E-state index contributed by atoms with van der Waals surface area (Å²) in [5.41, 5.74) is 0. The van der Waals surface area contributed by atoms with Crippen molar-refractivity contribution in [2.45, 2.75) is 63.3 Å². The third kappa shape index (κ3) is 4.34. The van der Waals surface area contributed by atoms with Crippen LogP contribution in [0.2, 0.25) is 0 Å². The van der Waals surface area contributed by atoms with Crippen LogP contribution in [0.3, 0.4) is 0 Å². The SMILES string of the molecule is CC(C)(CCC(O)C1CCCCO1)P(=O)(O)O. The van der Waals surface area contributed by atoms with Crippen LogP contribution in [0.1, 0.15) is 46.0 Å². The van der Waals surface area contributed by atoms with Crippen LogP contribution in [0, 0.1) is 0 Å². The van der Waals surface area contributed by atoms with Gasteiger partial charge in [0.1, 0.15) is 0 Å². The molecular weight excluding hydrogens is 243 g/mol. The van der Waals surface area contributed by atoms with E-state index in [0.29, 0.717) is 13.0 Å². The van der Waals surface area contributed by atoms with E-state index in [-0.39, 0.29) is 12.5 Å². The summed E-state index contributed by atoms with van der Waals surface area (Å²) in [7, 11) is -4.12. The van der Waals surface area contributed by atoms with Crippen molar-refractivity contribution >= 4 is 7.60 Å². The van der Waals surface area contributed by atoms with Gasteiger partial charge in [0.05, 0.1) is 17.4 Å². The normalized spacial score (nSPS) is 24.6. The van der Waals surface area contributed by atoms with E-state index in [2.05, 4.69) is 0 Å². The van der Waals surface area contributed by atoms with Gasteiger partial charge >= 0.3 is 7.60 Å². The molecule has 1 saturated heterocycles. The Balaban J connectivity index is 2.41. The molecule has 1 fully saturated rings. The Labute approximate surface area is 102 Å². The second kappa shape index (κ2) is 5.81. The number of hydrogen-bond acceptors (Lipinski definition) is 3. The average Bonchev–Trinajstić information content (AvgIpc) is 2.25. The standard InChI is InChI=1S/C11H23O5P/c1-11(2,17(13,14)15)7-6-9(12)10-5-3-4-8-16-10/h9-10,12H,3-8H2,1-2H3,(H2,13,14,15). The summed E-state index contributed by atoms with van der Waals surface area (Å²) in [4.78, 5) is 18.3. The lowest BCUT2D eigenvalue weighted by Crippen LogP contribution is -2.34. The van der Waals surface area contributed by atoms with E-state index in [1.165, 1.54) is 13.8 Å². The quantitative estimate of drug-likeness (QED) is 0.659. The van der Waals surface area contributed by atoms with Gasteiger partial charge in [-0.25, -0.2) is 0 Å². The predicted molar refractivity (Wildman–Crippen MR) is 65.0 cm³/mol. The first-order valence-corrected chi connectivity index (χ1v) is 7.70. The van der Waals surface area contributed by atoms with Crippen molar-refractivity contribution in [3.63, 3.8) is 0 Å². The lowest BCUT2D eigenvalue weighted by atomic mass is 9.97. The van der Waals surface area contributed by atoms with E-state index >= 15 is 0 Å². The van der Waals surface area contributed by atoms with E-state index < -0.39 is 18.9 Å². The third-order valence-corrected chi connectivity index (χ3v) is 5.29. The lowest BCUT2D eigenvalue weighted by Gasteiger charge is -2.30. The first-order valence-electron chi connectivity index (χ1n) is 6.09. The first-order chi connectivity index (χ1) is 7.74. The minimum Gasteiger partial charge on any atom is -0.390 e. The molecule has 102 valence electrons. The molecule has 6 heteroatoms. The highest BCUT2D eigenvalue weighted by atomic mass is 31.2. The van der Waals surface area contributed by atoms with Gasteiger partial charge in [0.15, 0.2) is 0 Å². The Morgan fingerprint density at radius 3 is 2.53 bits per heavy atom. The summed E-state index contributed by atoms with van der Waals surface area (Å²) in [6, 6.07) is 0. The minimum atomic E-state index is -4.12. The number of aliphatic hydroxyl groups is 1. The molecule has 1 aliphatic heterocycles. The summed E-state index contributed by atoms with van der Waals surface area (Å²) in [5.74, 6) is 0. The van der Waals surface area contributed by atoms with Crippen molar-refractivity contribution in [1.82, 2.24) is 0 Å². The molecule has 3 N–H and O–H groups in total. The highest BCUT2D eigenvalue weighted by Gasteiger charge is 2.38. The molecular formula is C11H23O5P. The molecule has 1 rings (SSSR count). The molecule has 0 saturated carbocycles. The molecule has 0 aromatic carbocycles. The van der Waals surface area contributed by atoms with Crippen molar-refractivity contribution in [2.75, 3.05) is 6.61 Å². The van der Waals surface area contributed by atoms with E-state index in [4.69, 9.17) is 14.5 Å². The molecule has 1 aliphatic rings. The molecule has 1 heterocycles. The van der Waals surface area contributed by atoms with Crippen LogP contribution in [0.4, 0.5) is 0 Å². The zero-order valence-electron chi connectivity index (χ0n) is 10.5. The molecule has 0 aromatic rings. The van der Waals surface area contributed by atoms with Gasteiger partial charge < -0.3 is 19.6 Å². The smallest absolute Gasteiger partial charge is 0.331 e. The maximum absolute atomic E-state index is 11.2. The first kappa shape index (κ1) is 15.1. The van der Waals surface area contributed by atoms with Gasteiger partial charge in [0, 0.05) is 6.61 Å². The Bertz CT molecular complexity index is 280. The van der Waals surface area contributed by atoms with Crippen molar-refractivity contribution in [3.8, 4) is 0 Å². The van der Waals surface area contributed by atoms with E-state index in [1.807, 2.05) is 0 Å². The van der Waals surface area contributed by atoms with Crippen molar-refractivity contribution in [3.05, 3.63) is 0 Å². The average molecular weight is 266 g/mol. The van der Waals surface area contributed by atoms with Gasteiger partial charge in [-0.1, -0.05) is 0 Å². The summed E-state index contributed by atoms with van der Waals surface area (Å²) >= 11 is 0. The van der Waals surface area contributed by atoms with Crippen LogP contribution in [0.15, 0.2) is 0 Å². The van der Waals surface area contributed by atoms with Crippen LogP contribution in [0.25, 0.3) is 0 Å². The van der Waals surface area contributed by atoms with Gasteiger partial charge in [-0.05, 0) is 46.0 Å². The van der Waals surface area contributed by atoms with Gasteiger partial charge in [-0.15, -0.1) is 0 Å². The second-order valence-electron chi connectivity index (χ2n) is 5.37. The Morgan fingerprint density at radius 2 is 2.06 bits per heavy atom. The van der Waals surface area contributed by atoms with Gasteiger partial charge in [0.25, 0.3) is 0 Å². The summed E-state index contributed by atoms with van der Waals surface area (Å²) in [5, 5.41) is 8.84. The Hall–Kier alpha value is 0.0700. The fraction of sp³-hybridized carbons (Fsp3) is 1.00. The van der Waals surface area contributed by atoms with E-state index in [1.54, 1.807) is 0 Å². The zero-order chi connectivity index (χ0) is 13.1. The number of aliphatic hydroxyl groups excluding tert-OH is 1. The van der Waals surface area contributed by atoms with Gasteiger partial charge in [-0.3, -0.25) is 4.57 Å². The maximum Gasteiger partial charge on any atom is 0.331 e. The molecule has 0 spiro atoms. The molecule has 0 bridgehead atoms. The monoisotopic (exact) mass is 266 g/mol. The van der Waals surface area contributed by atoms with Crippen molar-refractivity contribution < 1.29 is 24.2 Å². The van der Waals surface area contributed by atoms with Crippen molar-refractivity contribution in [2.24, 2.45) is 0 Å². The van der Waals surface area contributed by atoms with E-state index in [0.717, 1.165) is 19.3 Å². The van der Waals surface area contributed by atoms with Crippen LogP contribution in [-0.4, -0.2) is 38.9 Å². The van der Waals surface area contributed by atoms with Gasteiger partial charge in [-0.2, -0.15) is 0 Å². The van der Waals surface area contributed by atoms with E-state index in [9.17, 15) is 9.67 Å². The fourth-order valence-electron chi connectivity index (χ4n) is 1.90. The molecule has 2 atom stereocenters. The largest absolute Gasteiger partial charge is 0.390 e. The molecule has 5 nitrogen and oxygen atoms in total. The maximum atomic E-state index is 11.2. The molecule has 2 unspecified atom stereocenters.